The van der Waals surface area contributed by atoms with Crippen molar-refractivity contribution >= 4 is 49.3 Å². The van der Waals surface area contributed by atoms with Crippen molar-refractivity contribution < 1.29 is 17.6 Å². The average molecular weight is 492 g/mol. The molecule has 3 heterocycles. The fourth-order valence-corrected chi connectivity index (χ4v) is 4.88. The fraction of sp³-hybridized carbons (Fsp3) is 0.167. The van der Waals surface area contributed by atoms with Crippen molar-refractivity contribution in [3.8, 4) is 11.6 Å². The van der Waals surface area contributed by atoms with Crippen LogP contribution in [0.3, 0.4) is 0 Å². The SMILES string of the molecule is CS(=O)(=O)Nc1nnc(NC(=O)CSc2nnc(-c3ccco3)n2Cc2ccccc2)s1. The summed E-state index contributed by atoms with van der Waals surface area (Å²) >= 11 is 2.13. The Labute approximate surface area is 191 Å². The summed E-state index contributed by atoms with van der Waals surface area (Å²) in [6.07, 6.45) is 2.57. The number of aromatic nitrogens is 5. The molecular weight excluding hydrogens is 474 g/mol. The number of rotatable bonds is 9. The number of amides is 1. The van der Waals surface area contributed by atoms with Gasteiger partial charge in [-0.15, -0.1) is 20.4 Å². The van der Waals surface area contributed by atoms with Crippen LogP contribution < -0.4 is 10.0 Å². The summed E-state index contributed by atoms with van der Waals surface area (Å²) < 4.78 is 32.1. The van der Waals surface area contributed by atoms with Crippen LogP contribution in [0.5, 0.6) is 0 Å². The second-order valence-corrected chi connectivity index (χ2v) is 10.1. The minimum absolute atomic E-state index is 0.0412. The van der Waals surface area contributed by atoms with Crippen molar-refractivity contribution in [1.29, 1.82) is 0 Å². The lowest BCUT2D eigenvalue weighted by molar-refractivity contribution is -0.113. The van der Waals surface area contributed by atoms with Gasteiger partial charge in [0.05, 0.1) is 24.8 Å². The molecule has 1 aromatic carbocycles. The molecule has 14 heteroatoms. The minimum Gasteiger partial charge on any atom is -0.461 e. The molecule has 0 unspecified atom stereocenters. The number of hydrogen-bond donors (Lipinski definition) is 2. The highest BCUT2D eigenvalue weighted by atomic mass is 32.2. The molecule has 0 fully saturated rings. The Hall–Kier alpha value is -3.23. The Morgan fingerprint density at radius 3 is 2.59 bits per heavy atom. The molecule has 4 aromatic rings. The summed E-state index contributed by atoms with van der Waals surface area (Å²) in [6, 6.07) is 13.4. The molecule has 11 nitrogen and oxygen atoms in total. The van der Waals surface area contributed by atoms with Crippen molar-refractivity contribution in [2.24, 2.45) is 0 Å². The van der Waals surface area contributed by atoms with E-state index >= 15 is 0 Å². The summed E-state index contributed by atoms with van der Waals surface area (Å²) in [6.45, 7) is 0.505. The largest absolute Gasteiger partial charge is 0.461 e. The van der Waals surface area contributed by atoms with Crippen molar-refractivity contribution in [3.05, 3.63) is 54.3 Å². The molecule has 0 aliphatic heterocycles. The van der Waals surface area contributed by atoms with Gasteiger partial charge in [0.2, 0.25) is 32.0 Å². The van der Waals surface area contributed by atoms with Crippen molar-refractivity contribution in [2.45, 2.75) is 11.7 Å². The van der Waals surface area contributed by atoms with E-state index in [-0.39, 0.29) is 21.9 Å². The molecule has 0 bridgehead atoms. The highest BCUT2D eigenvalue weighted by Gasteiger charge is 2.18. The Kier molecular flexibility index (Phi) is 6.53. The van der Waals surface area contributed by atoms with E-state index in [1.54, 1.807) is 18.4 Å². The van der Waals surface area contributed by atoms with Gasteiger partial charge in [0.1, 0.15) is 0 Å². The zero-order chi connectivity index (χ0) is 22.6. The van der Waals surface area contributed by atoms with Crippen LogP contribution in [0.1, 0.15) is 5.56 Å². The topological polar surface area (TPSA) is 145 Å². The number of carbonyl (C=O) groups is 1. The maximum atomic E-state index is 12.4. The van der Waals surface area contributed by atoms with Crippen LogP contribution in [-0.4, -0.2) is 51.3 Å². The van der Waals surface area contributed by atoms with Gasteiger partial charge < -0.3 is 4.42 Å². The number of hydrogen-bond acceptors (Lipinski definition) is 10. The van der Waals surface area contributed by atoms with E-state index < -0.39 is 10.0 Å². The molecule has 4 rings (SSSR count). The molecule has 32 heavy (non-hydrogen) atoms. The summed E-state index contributed by atoms with van der Waals surface area (Å²) in [4.78, 5) is 12.4. The van der Waals surface area contributed by atoms with Gasteiger partial charge in [-0.3, -0.25) is 19.4 Å². The summed E-state index contributed by atoms with van der Waals surface area (Å²) in [5, 5.41) is 19.3. The molecule has 0 aliphatic rings. The fourth-order valence-electron chi connectivity index (χ4n) is 2.65. The first-order chi connectivity index (χ1) is 15.4. The third-order valence-electron chi connectivity index (χ3n) is 3.92. The molecule has 2 N–H and O–H groups in total. The highest BCUT2D eigenvalue weighted by molar-refractivity contribution is 7.99. The van der Waals surface area contributed by atoms with Gasteiger partial charge in [-0.05, 0) is 17.7 Å². The first-order valence-corrected chi connectivity index (χ1v) is 12.8. The molecule has 166 valence electrons. The smallest absolute Gasteiger partial charge is 0.236 e. The number of nitrogens with one attached hydrogen (secondary N) is 2. The van der Waals surface area contributed by atoms with Crippen molar-refractivity contribution in [2.75, 3.05) is 22.0 Å². The van der Waals surface area contributed by atoms with Crippen LogP contribution in [0.2, 0.25) is 0 Å². The first kappa shape index (κ1) is 22.0. The van der Waals surface area contributed by atoms with E-state index in [0.29, 0.717) is 23.3 Å². The van der Waals surface area contributed by atoms with E-state index in [0.717, 1.165) is 23.2 Å². The number of thioether (sulfide) groups is 1. The van der Waals surface area contributed by atoms with Crippen LogP contribution in [0, 0.1) is 0 Å². The average Bonchev–Trinajstić information content (AvgIpc) is 3.48. The number of furan rings is 1. The first-order valence-electron chi connectivity index (χ1n) is 9.12. The maximum absolute atomic E-state index is 12.4. The Morgan fingerprint density at radius 2 is 1.88 bits per heavy atom. The lowest BCUT2D eigenvalue weighted by Gasteiger charge is -2.09. The monoisotopic (exact) mass is 491 g/mol. The number of nitrogens with zero attached hydrogens (tertiary/aromatic N) is 5. The van der Waals surface area contributed by atoms with E-state index in [4.69, 9.17) is 4.42 Å². The molecule has 3 aromatic heterocycles. The molecular formula is C18H17N7O4S3. The van der Waals surface area contributed by atoms with Gasteiger partial charge >= 0.3 is 0 Å². The Bertz CT molecular complexity index is 1300. The van der Waals surface area contributed by atoms with E-state index in [1.807, 2.05) is 34.9 Å². The molecule has 0 aliphatic carbocycles. The standard InChI is InChI=1S/C18H17N7O4S3/c1-32(27,28)24-17-22-21-16(31-17)19-14(26)11-30-18-23-20-15(13-8-5-9-29-13)25(18)10-12-6-3-2-4-7-12/h2-9H,10-11H2,1H3,(H,22,24)(H,19,21,26). The second-order valence-electron chi connectivity index (χ2n) is 6.48. The van der Waals surface area contributed by atoms with Crippen molar-refractivity contribution in [1.82, 2.24) is 25.0 Å². The van der Waals surface area contributed by atoms with Gasteiger partial charge in [-0.2, -0.15) is 0 Å². The summed E-state index contributed by atoms with van der Waals surface area (Å²) in [5.41, 5.74) is 1.05. The molecule has 1 amide bonds. The van der Waals surface area contributed by atoms with E-state index in [9.17, 15) is 13.2 Å². The number of anilines is 2. The van der Waals surface area contributed by atoms with Crippen molar-refractivity contribution in [3.63, 3.8) is 0 Å². The Balaban J connectivity index is 1.45. The predicted molar refractivity (Wildman–Crippen MR) is 121 cm³/mol. The van der Waals surface area contributed by atoms with Gasteiger partial charge in [0, 0.05) is 0 Å². The van der Waals surface area contributed by atoms with Crippen LogP contribution in [0.15, 0.2) is 58.3 Å². The number of sulfonamides is 1. The summed E-state index contributed by atoms with van der Waals surface area (Å²) in [5.74, 6) is 0.831. The van der Waals surface area contributed by atoms with Gasteiger partial charge in [0.15, 0.2) is 10.9 Å². The normalized spacial score (nSPS) is 11.4. The highest BCUT2D eigenvalue weighted by Crippen LogP contribution is 2.26. The Morgan fingerprint density at radius 1 is 1.09 bits per heavy atom. The van der Waals surface area contributed by atoms with Gasteiger partial charge in [-0.1, -0.05) is 53.4 Å². The van der Waals surface area contributed by atoms with E-state index in [1.165, 1.54) is 11.8 Å². The zero-order valence-corrected chi connectivity index (χ0v) is 19.1. The van der Waals surface area contributed by atoms with E-state index in [2.05, 4.69) is 30.4 Å². The number of benzene rings is 1. The second kappa shape index (κ2) is 9.50. The lowest BCUT2D eigenvalue weighted by atomic mass is 10.2. The van der Waals surface area contributed by atoms with Crippen LogP contribution in [-0.2, 0) is 21.4 Å². The zero-order valence-electron chi connectivity index (χ0n) is 16.6. The lowest BCUT2D eigenvalue weighted by Crippen LogP contribution is -2.14. The maximum Gasteiger partial charge on any atom is 0.236 e. The predicted octanol–water partition coefficient (Wildman–Crippen LogP) is 2.54. The minimum atomic E-state index is -3.47. The quantitative estimate of drug-likeness (QED) is 0.337. The number of carbonyl (C=O) groups excluding carboxylic acids is 1. The molecule has 0 radical (unpaired) electrons. The third-order valence-corrected chi connectivity index (χ3v) is 6.33. The van der Waals surface area contributed by atoms with Crippen LogP contribution in [0.25, 0.3) is 11.6 Å². The van der Waals surface area contributed by atoms with Gasteiger partial charge in [-0.25, -0.2) is 8.42 Å². The third kappa shape index (κ3) is 5.72. The molecule has 0 spiro atoms. The van der Waals surface area contributed by atoms with Gasteiger partial charge in [0.25, 0.3) is 0 Å². The van der Waals surface area contributed by atoms with Crippen LogP contribution in [0.4, 0.5) is 10.3 Å². The molecule has 0 atom stereocenters. The molecule has 0 saturated heterocycles. The molecule has 0 saturated carbocycles. The van der Waals surface area contributed by atoms with Crippen LogP contribution >= 0.6 is 23.1 Å². The summed E-state index contributed by atoms with van der Waals surface area (Å²) in [7, 11) is -3.47.